The van der Waals surface area contributed by atoms with Gasteiger partial charge in [0.15, 0.2) is 0 Å². The van der Waals surface area contributed by atoms with Gasteiger partial charge in [-0.15, -0.1) is 0 Å². The van der Waals surface area contributed by atoms with Crippen LogP contribution in [0.5, 0.6) is 0 Å². The second kappa shape index (κ2) is 8.82. The molecule has 0 saturated heterocycles. The molecule has 1 heterocycles. The van der Waals surface area contributed by atoms with E-state index in [1.807, 2.05) is 6.92 Å². The first-order valence-electron chi connectivity index (χ1n) is 7.99. The van der Waals surface area contributed by atoms with E-state index in [-0.39, 0.29) is 12.6 Å². The molecular formula is C16H30N4O. The summed E-state index contributed by atoms with van der Waals surface area (Å²) in [5, 5.41) is 15.8. The maximum Gasteiger partial charge on any atom is 0.135 e. The van der Waals surface area contributed by atoms with Gasteiger partial charge in [-0.05, 0) is 33.1 Å². The molecule has 0 aliphatic rings. The van der Waals surface area contributed by atoms with Gasteiger partial charge >= 0.3 is 0 Å². The number of rotatable bonds is 9. The Morgan fingerprint density at radius 1 is 1.14 bits per heavy atom. The fraction of sp³-hybridized carbons (Fsp3) is 0.750. The molecule has 0 aliphatic carbocycles. The quantitative estimate of drug-likeness (QED) is 0.652. The topological polar surface area (TPSA) is 70.1 Å². The first-order valence-corrected chi connectivity index (χ1v) is 7.99. The molecule has 120 valence electrons. The Labute approximate surface area is 128 Å². The van der Waals surface area contributed by atoms with E-state index >= 15 is 0 Å². The summed E-state index contributed by atoms with van der Waals surface area (Å²) in [6.07, 6.45) is 2.79. The normalized spacial score (nSPS) is 12.5. The fourth-order valence-corrected chi connectivity index (χ4v) is 2.05. The molecule has 0 aromatic carbocycles. The fourth-order valence-electron chi connectivity index (χ4n) is 2.05. The SMILES string of the molecule is CCCNc1nc(C(C)C)nc(NC(C)CCCO)c1C. The largest absolute Gasteiger partial charge is 0.396 e. The van der Waals surface area contributed by atoms with E-state index in [9.17, 15) is 0 Å². The van der Waals surface area contributed by atoms with Gasteiger partial charge in [0.25, 0.3) is 0 Å². The van der Waals surface area contributed by atoms with Crippen LogP contribution >= 0.6 is 0 Å². The lowest BCUT2D eigenvalue weighted by molar-refractivity contribution is 0.282. The highest BCUT2D eigenvalue weighted by atomic mass is 16.2. The van der Waals surface area contributed by atoms with Gasteiger partial charge < -0.3 is 15.7 Å². The summed E-state index contributed by atoms with van der Waals surface area (Å²) in [6.45, 7) is 11.7. The molecule has 5 nitrogen and oxygen atoms in total. The molecule has 0 saturated carbocycles. The molecule has 0 amide bonds. The first-order chi connectivity index (χ1) is 9.99. The minimum Gasteiger partial charge on any atom is -0.396 e. The van der Waals surface area contributed by atoms with E-state index in [1.165, 1.54) is 0 Å². The molecule has 1 atom stereocenters. The summed E-state index contributed by atoms with van der Waals surface area (Å²) in [5.41, 5.74) is 1.06. The number of aliphatic hydroxyl groups excluding tert-OH is 1. The molecule has 1 rings (SSSR count). The minimum absolute atomic E-state index is 0.231. The Morgan fingerprint density at radius 3 is 2.38 bits per heavy atom. The Balaban J connectivity index is 2.96. The van der Waals surface area contributed by atoms with Gasteiger partial charge in [-0.25, -0.2) is 9.97 Å². The van der Waals surface area contributed by atoms with E-state index in [1.54, 1.807) is 0 Å². The van der Waals surface area contributed by atoms with Crippen LogP contribution in [0.4, 0.5) is 11.6 Å². The lowest BCUT2D eigenvalue weighted by Gasteiger charge is -2.19. The molecule has 21 heavy (non-hydrogen) atoms. The van der Waals surface area contributed by atoms with Crippen molar-refractivity contribution in [3.05, 3.63) is 11.4 Å². The van der Waals surface area contributed by atoms with Crippen LogP contribution in [0, 0.1) is 6.92 Å². The van der Waals surface area contributed by atoms with Gasteiger partial charge in [-0.2, -0.15) is 0 Å². The van der Waals surface area contributed by atoms with Gasteiger partial charge in [0.05, 0.1) is 0 Å². The zero-order valence-electron chi connectivity index (χ0n) is 14.0. The van der Waals surface area contributed by atoms with E-state index < -0.39 is 0 Å². The molecular weight excluding hydrogens is 264 g/mol. The number of anilines is 2. The molecule has 3 N–H and O–H groups in total. The number of aliphatic hydroxyl groups is 1. The van der Waals surface area contributed by atoms with E-state index in [0.717, 1.165) is 48.8 Å². The van der Waals surface area contributed by atoms with Crippen molar-refractivity contribution in [3.63, 3.8) is 0 Å². The molecule has 1 aromatic heterocycles. The molecule has 5 heteroatoms. The third kappa shape index (κ3) is 5.50. The third-order valence-electron chi connectivity index (χ3n) is 3.40. The van der Waals surface area contributed by atoms with Crippen molar-refractivity contribution in [2.45, 2.75) is 65.8 Å². The average Bonchev–Trinajstić information content (AvgIpc) is 2.45. The predicted octanol–water partition coefficient (Wildman–Crippen LogP) is 3.30. The summed E-state index contributed by atoms with van der Waals surface area (Å²) in [6, 6.07) is 0.282. The monoisotopic (exact) mass is 294 g/mol. The van der Waals surface area contributed by atoms with E-state index in [0.29, 0.717) is 5.92 Å². The number of hydrogen-bond acceptors (Lipinski definition) is 5. The van der Waals surface area contributed by atoms with Crippen LogP contribution in [-0.2, 0) is 0 Å². The average molecular weight is 294 g/mol. The zero-order valence-corrected chi connectivity index (χ0v) is 14.0. The summed E-state index contributed by atoms with van der Waals surface area (Å²) in [4.78, 5) is 9.30. The Bertz CT molecular complexity index is 435. The van der Waals surface area contributed by atoms with Gasteiger partial charge in [0.1, 0.15) is 17.5 Å². The molecule has 0 fully saturated rings. The van der Waals surface area contributed by atoms with Crippen molar-refractivity contribution in [2.24, 2.45) is 0 Å². The van der Waals surface area contributed by atoms with Crippen molar-refractivity contribution in [1.29, 1.82) is 0 Å². The van der Waals surface area contributed by atoms with E-state index in [2.05, 4.69) is 48.3 Å². The van der Waals surface area contributed by atoms with E-state index in [4.69, 9.17) is 5.11 Å². The van der Waals surface area contributed by atoms with Gasteiger partial charge in [-0.1, -0.05) is 20.8 Å². The van der Waals surface area contributed by atoms with Crippen LogP contribution in [-0.4, -0.2) is 34.3 Å². The minimum atomic E-state index is 0.231. The standard InChI is InChI=1S/C16H30N4O/c1-6-9-17-15-13(5)16(18-12(4)8-7-10-21)20-14(19-15)11(2)3/h11-12,21H,6-10H2,1-5H3,(H2,17,18,19,20). The molecule has 0 aliphatic heterocycles. The second-order valence-corrected chi connectivity index (χ2v) is 5.90. The molecule has 0 bridgehead atoms. The molecule has 1 unspecified atom stereocenters. The van der Waals surface area contributed by atoms with Crippen molar-refractivity contribution in [3.8, 4) is 0 Å². The Kier molecular flexibility index (Phi) is 7.43. The molecule has 0 spiro atoms. The van der Waals surface area contributed by atoms with Crippen molar-refractivity contribution < 1.29 is 5.11 Å². The van der Waals surface area contributed by atoms with Crippen LogP contribution in [0.15, 0.2) is 0 Å². The van der Waals surface area contributed by atoms with Crippen molar-refractivity contribution >= 4 is 11.6 Å². The molecule has 1 aromatic rings. The van der Waals surface area contributed by atoms with Crippen LogP contribution in [0.25, 0.3) is 0 Å². The summed E-state index contributed by atoms with van der Waals surface area (Å²) < 4.78 is 0. The first kappa shape index (κ1) is 17.7. The zero-order chi connectivity index (χ0) is 15.8. The van der Waals surface area contributed by atoms with Crippen molar-refractivity contribution in [1.82, 2.24) is 9.97 Å². The lowest BCUT2D eigenvalue weighted by Crippen LogP contribution is -2.19. The third-order valence-corrected chi connectivity index (χ3v) is 3.40. The van der Waals surface area contributed by atoms with Crippen LogP contribution < -0.4 is 10.6 Å². The summed E-state index contributed by atoms with van der Waals surface area (Å²) in [7, 11) is 0. The second-order valence-electron chi connectivity index (χ2n) is 5.90. The summed E-state index contributed by atoms with van der Waals surface area (Å²) >= 11 is 0. The smallest absolute Gasteiger partial charge is 0.135 e. The Hall–Kier alpha value is -1.36. The van der Waals surface area contributed by atoms with Crippen LogP contribution in [0.1, 0.15) is 64.3 Å². The van der Waals surface area contributed by atoms with Gasteiger partial charge in [0.2, 0.25) is 0 Å². The highest BCUT2D eigenvalue weighted by molar-refractivity contribution is 5.57. The number of nitrogens with one attached hydrogen (secondary N) is 2. The Morgan fingerprint density at radius 2 is 1.81 bits per heavy atom. The highest BCUT2D eigenvalue weighted by Gasteiger charge is 2.14. The van der Waals surface area contributed by atoms with Crippen LogP contribution in [0.2, 0.25) is 0 Å². The van der Waals surface area contributed by atoms with Gasteiger partial charge in [0, 0.05) is 30.7 Å². The van der Waals surface area contributed by atoms with Crippen LogP contribution in [0.3, 0.4) is 0 Å². The van der Waals surface area contributed by atoms with Gasteiger partial charge in [-0.3, -0.25) is 0 Å². The lowest BCUT2D eigenvalue weighted by atomic mass is 10.1. The maximum atomic E-state index is 8.93. The highest BCUT2D eigenvalue weighted by Crippen LogP contribution is 2.24. The number of aromatic nitrogens is 2. The number of hydrogen-bond donors (Lipinski definition) is 3. The van der Waals surface area contributed by atoms with Crippen molar-refractivity contribution in [2.75, 3.05) is 23.8 Å². The number of nitrogens with zero attached hydrogens (tertiary/aromatic N) is 2. The molecule has 0 radical (unpaired) electrons. The maximum absolute atomic E-state index is 8.93. The summed E-state index contributed by atoms with van der Waals surface area (Å²) in [5.74, 6) is 2.97. The predicted molar refractivity (Wildman–Crippen MR) is 89.0 cm³/mol.